The molecule has 0 saturated carbocycles. The quantitative estimate of drug-likeness (QED) is 0.544. The van der Waals surface area contributed by atoms with Gasteiger partial charge in [0.05, 0.1) is 11.3 Å². The highest BCUT2D eigenvalue weighted by Crippen LogP contribution is 2.34. The molecule has 4 N–H and O–H groups in total. The van der Waals surface area contributed by atoms with Crippen LogP contribution in [-0.2, 0) is 12.8 Å². The molecular formula is C27H32N6. The topological polar surface area (TPSA) is 104 Å². The van der Waals surface area contributed by atoms with Crippen LogP contribution in [0.2, 0.25) is 0 Å². The molecule has 1 aromatic carbocycles. The second-order valence-electron chi connectivity index (χ2n) is 8.31. The Morgan fingerprint density at radius 2 is 2.15 bits per heavy atom. The summed E-state index contributed by atoms with van der Waals surface area (Å²) in [7, 11) is 0. The second-order valence-corrected chi connectivity index (χ2v) is 8.31. The lowest BCUT2D eigenvalue weighted by Crippen LogP contribution is -2.28. The van der Waals surface area contributed by atoms with Crippen molar-refractivity contribution < 1.29 is 0 Å². The van der Waals surface area contributed by atoms with Crippen LogP contribution >= 0.6 is 0 Å². The summed E-state index contributed by atoms with van der Waals surface area (Å²) in [5.41, 5.74) is 21.1. The summed E-state index contributed by atoms with van der Waals surface area (Å²) in [4.78, 5) is 10.8. The predicted octanol–water partition coefficient (Wildman–Crippen LogP) is 4.82. The van der Waals surface area contributed by atoms with Crippen molar-refractivity contribution in [3.8, 4) is 6.07 Å². The van der Waals surface area contributed by atoms with E-state index < -0.39 is 0 Å². The molecule has 0 unspecified atom stereocenters. The van der Waals surface area contributed by atoms with Gasteiger partial charge in [0.1, 0.15) is 6.07 Å². The number of nitrogens with zero attached hydrogens (tertiary/aromatic N) is 4. The van der Waals surface area contributed by atoms with E-state index in [1.807, 2.05) is 6.07 Å². The maximum atomic E-state index is 9.00. The molecule has 1 aliphatic rings. The number of hydrogen-bond donors (Lipinski definition) is 2. The highest BCUT2D eigenvalue weighted by molar-refractivity contribution is 5.81. The van der Waals surface area contributed by atoms with E-state index in [1.165, 1.54) is 34.0 Å². The number of anilines is 1. The first-order valence-corrected chi connectivity index (χ1v) is 11.2. The van der Waals surface area contributed by atoms with Gasteiger partial charge < -0.3 is 16.4 Å². The van der Waals surface area contributed by atoms with Crippen molar-refractivity contribution >= 4 is 23.3 Å². The first-order chi connectivity index (χ1) is 15.9. The zero-order valence-corrected chi connectivity index (χ0v) is 19.6. The van der Waals surface area contributed by atoms with Gasteiger partial charge >= 0.3 is 0 Å². The minimum Gasteiger partial charge on any atom is -0.404 e. The number of allylic oxidation sites excluding steroid dienone is 2. The molecule has 0 fully saturated rings. The first kappa shape index (κ1) is 23.8. The summed E-state index contributed by atoms with van der Waals surface area (Å²) >= 11 is 0. The number of hydrogen-bond acceptors (Lipinski definition) is 6. The van der Waals surface area contributed by atoms with Gasteiger partial charge in [-0.3, -0.25) is 0 Å². The van der Waals surface area contributed by atoms with E-state index in [2.05, 4.69) is 54.0 Å². The predicted molar refractivity (Wildman–Crippen MR) is 137 cm³/mol. The van der Waals surface area contributed by atoms with Gasteiger partial charge in [0.25, 0.3) is 0 Å². The van der Waals surface area contributed by atoms with Crippen molar-refractivity contribution in [3.63, 3.8) is 0 Å². The average molecular weight is 441 g/mol. The molecule has 6 nitrogen and oxygen atoms in total. The number of aromatic nitrogens is 1. The van der Waals surface area contributed by atoms with Crippen LogP contribution in [-0.4, -0.2) is 29.2 Å². The van der Waals surface area contributed by atoms with Gasteiger partial charge in [-0.2, -0.15) is 5.26 Å². The van der Waals surface area contributed by atoms with Gasteiger partial charge in [-0.15, -0.1) is 0 Å². The van der Waals surface area contributed by atoms with E-state index in [0.29, 0.717) is 23.6 Å². The number of nitrogens with two attached hydrogens (primary N) is 2. The number of rotatable bonds is 9. The van der Waals surface area contributed by atoms with Crippen molar-refractivity contribution in [3.05, 3.63) is 82.8 Å². The molecule has 0 amide bonds. The molecule has 33 heavy (non-hydrogen) atoms. The summed E-state index contributed by atoms with van der Waals surface area (Å²) in [6.45, 7) is 14.2. The molecule has 0 bridgehead atoms. The molecule has 0 atom stereocenters. The van der Waals surface area contributed by atoms with E-state index >= 15 is 0 Å². The summed E-state index contributed by atoms with van der Waals surface area (Å²) < 4.78 is 0. The lowest BCUT2D eigenvalue weighted by molar-refractivity contribution is 0.371. The molecule has 3 rings (SSSR count). The standard InChI is InChI=1S/C27H32N6/c1-5-19(3)33(11-10-22-7-9-24-18(2)6-8-25(24)20(22)4)17-21(13-28)15-31-27-12-26(30)23(14-29)16-32-27/h7,9,12-13,15-16H,2-3,5-6,8,10-11,17,28H2,1,4H3,(H2,30,32). The van der Waals surface area contributed by atoms with Crippen LogP contribution in [0.1, 0.15) is 47.6 Å². The normalized spacial score (nSPS) is 13.2. The molecule has 170 valence electrons. The summed E-state index contributed by atoms with van der Waals surface area (Å²) in [5.74, 6) is 0.432. The van der Waals surface area contributed by atoms with Crippen LogP contribution in [0.4, 0.5) is 11.5 Å². The van der Waals surface area contributed by atoms with E-state index in [0.717, 1.165) is 43.5 Å². The fourth-order valence-corrected chi connectivity index (χ4v) is 4.10. The molecule has 0 aliphatic heterocycles. The first-order valence-electron chi connectivity index (χ1n) is 11.2. The Morgan fingerprint density at radius 1 is 1.36 bits per heavy atom. The maximum absolute atomic E-state index is 9.00. The number of benzene rings is 1. The molecule has 1 aliphatic carbocycles. The number of fused-ring (bicyclic) bond motifs is 1. The Bertz CT molecular complexity index is 1170. The van der Waals surface area contributed by atoms with Gasteiger partial charge in [-0.05, 0) is 60.4 Å². The summed E-state index contributed by atoms with van der Waals surface area (Å²) in [6.07, 6.45) is 8.59. The lowest BCUT2D eigenvalue weighted by atomic mass is 9.96. The molecule has 2 aromatic rings. The largest absolute Gasteiger partial charge is 0.404 e. The Labute approximate surface area is 196 Å². The average Bonchev–Trinajstić information content (AvgIpc) is 3.20. The molecule has 0 spiro atoms. The third-order valence-corrected chi connectivity index (χ3v) is 6.27. The van der Waals surface area contributed by atoms with Crippen molar-refractivity contribution in [1.82, 2.24) is 9.88 Å². The maximum Gasteiger partial charge on any atom is 0.153 e. The van der Waals surface area contributed by atoms with Crippen LogP contribution in [0.15, 0.2) is 60.0 Å². The van der Waals surface area contributed by atoms with Crippen LogP contribution < -0.4 is 11.5 Å². The molecule has 0 saturated heterocycles. The van der Waals surface area contributed by atoms with E-state index in [1.54, 1.807) is 18.5 Å². The van der Waals surface area contributed by atoms with Gasteiger partial charge in [-0.1, -0.05) is 32.2 Å². The highest BCUT2D eigenvalue weighted by Gasteiger charge is 2.18. The zero-order chi connectivity index (χ0) is 24.0. The van der Waals surface area contributed by atoms with Crippen molar-refractivity contribution in [2.24, 2.45) is 10.7 Å². The van der Waals surface area contributed by atoms with Crippen LogP contribution in [0, 0.1) is 18.3 Å². The molecule has 1 heterocycles. The molecule has 0 radical (unpaired) electrons. The number of nitrogen functional groups attached to an aromatic ring is 1. The van der Waals surface area contributed by atoms with Crippen LogP contribution in [0.25, 0.3) is 5.57 Å². The van der Waals surface area contributed by atoms with Gasteiger partial charge in [-0.25, -0.2) is 9.98 Å². The summed E-state index contributed by atoms with van der Waals surface area (Å²) in [6, 6.07) is 8.04. The Balaban J connectivity index is 1.71. The second kappa shape index (κ2) is 10.6. The third kappa shape index (κ3) is 5.50. The molecule has 6 heteroatoms. The number of pyridine rings is 1. The fraction of sp³-hybridized carbons (Fsp3) is 0.296. The van der Waals surface area contributed by atoms with Crippen molar-refractivity contribution in [1.29, 1.82) is 5.26 Å². The SMILES string of the molecule is C=C1CCc2c1ccc(CCN(CC(C=Nc1cc(N)c(C#N)cn1)=CN)C(=C)CC)c2C. The van der Waals surface area contributed by atoms with Crippen molar-refractivity contribution in [2.45, 2.75) is 39.5 Å². The van der Waals surface area contributed by atoms with Crippen LogP contribution in [0.3, 0.4) is 0 Å². The third-order valence-electron chi connectivity index (χ3n) is 6.27. The van der Waals surface area contributed by atoms with Crippen molar-refractivity contribution in [2.75, 3.05) is 18.8 Å². The van der Waals surface area contributed by atoms with E-state index in [9.17, 15) is 0 Å². The van der Waals surface area contributed by atoms with Gasteiger partial charge in [0, 0.05) is 49.0 Å². The van der Waals surface area contributed by atoms with Gasteiger partial charge in [0.2, 0.25) is 0 Å². The fourth-order valence-electron chi connectivity index (χ4n) is 4.10. The lowest BCUT2D eigenvalue weighted by Gasteiger charge is -2.27. The van der Waals surface area contributed by atoms with Gasteiger partial charge in [0.15, 0.2) is 5.82 Å². The summed E-state index contributed by atoms with van der Waals surface area (Å²) in [5, 5.41) is 9.00. The zero-order valence-electron chi connectivity index (χ0n) is 19.6. The van der Waals surface area contributed by atoms with E-state index in [4.69, 9.17) is 16.7 Å². The Morgan fingerprint density at radius 3 is 2.82 bits per heavy atom. The monoisotopic (exact) mass is 440 g/mol. The minimum absolute atomic E-state index is 0.333. The Hall–Kier alpha value is -3.85. The van der Waals surface area contributed by atoms with E-state index in [-0.39, 0.29) is 0 Å². The number of nitriles is 1. The van der Waals surface area contributed by atoms with Crippen LogP contribution in [0.5, 0.6) is 0 Å². The number of aliphatic imine (C=N–C) groups is 1. The smallest absolute Gasteiger partial charge is 0.153 e. The Kier molecular flexibility index (Phi) is 7.68. The minimum atomic E-state index is 0.333. The molecular weight excluding hydrogens is 408 g/mol. The highest BCUT2D eigenvalue weighted by atomic mass is 15.1. The molecule has 1 aromatic heterocycles.